The van der Waals surface area contributed by atoms with Gasteiger partial charge in [0.1, 0.15) is 0 Å². The Balaban J connectivity index is 1.61. The molecule has 1 amide bonds. The van der Waals surface area contributed by atoms with Crippen LogP contribution >= 0.6 is 0 Å². The molecular weight excluding hydrogens is 252 g/mol. The molecule has 4 nitrogen and oxygen atoms in total. The number of benzene rings is 1. The summed E-state index contributed by atoms with van der Waals surface area (Å²) in [5, 5.41) is 13.1. The van der Waals surface area contributed by atoms with Crippen LogP contribution in [0.15, 0.2) is 30.3 Å². The molecule has 0 radical (unpaired) electrons. The summed E-state index contributed by atoms with van der Waals surface area (Å²) in [6.07, 6.45) is 3.25. The van der Waals surface area contributed by atoms with Crippen LogP contribution in [0.25, 0.3) is 0 Å². The van der Waals surface area contributed by atoms with Crippen LogP contribution in [0, 0.1) is 0 Å². The van der Waals surface area contributed by atoms with Crippen LogP contribution < -0.4 is 5.32 Å². The lowest BCUT2D eigenvalue weighted by Crippen LogP contribution is -2.49. The average Bonchev–Trinajstić information content (AvgIpc) is 2.97. The maximum atomic E-state index is 12.5. The maximum absolute atomic E-state index is 12.5. The van der Waals surface area contributed by atoms with E-state index in [-0.39, 0.29) is 24.1 Å². The molecule has 2 heterocycles. The summed E-state index contributed by atoms with van der Waals surface area (Å²) < 4.78 is 0. The minimum absolute atomic E-state index is 0.0921. The number of hydrogen-bond acceptors (Lipinski definition) is 3. The van der Waals surface area contributed by atoms with Crippen LogP contribution in [-0.4, -0.2) is 41.1 Å². The highest BCUT2D eigenvalue weighted by Crippen LogP contribution is 2.27. The van der Waals surface area contributed by atoms with Crippen LogP contribution in [0.2, 0.25) is 0 Å². The van der Waals surface area contributed by atoms with Crippen molar-refractivity contribution in [1.29, 1.82) is 0 Å². The van der Waals surface area contributed by atoms with Gasteiger partial charge in [-0.05, 0) is 31.2 Å². The van der Waals surface area contributed by atoms with Crippen molar-refractivity contribution in [2.24, 2.45) is 0 Å². The Labute approximate surface area is 119 Å². The molecule has 0 spiro atoms. The Morgan fingerprint density at radius 3 is 2.75 bits per heavy atom. The predicted molar refractivity (Wildman–Crippen MR) is 77.2 cm³/mol. The fourth-order valence-corrected chi connectivity index (χ4v) is 3.26. The van der Waals surface area contributed by atoms with E-state index in [2.05, 4.69) is 17.4 Å². The first-order valence-electron chi connectivity index (χ1n) is 7.52. The third-order valence-electron chi connectivity index (χ3n) is 4.35. The molecule has 2 aliphatic rings. The molecule has 1 aromatic rings. The lowest BCUT2D eigenvalue weighted by atomic mass is 10.1. The average molecular weight is 274 g/mol. The van der Waals surface area contributed by atoms with Gasteiger partial charge in [-0.3, -0.25) is 10.1 Å². The van der Waals surface area contributed by atoms with E-state index in [9.17, 15) is 9.90 Å². The number of β-amino-alcohol motifs (C(OH)–C–C–N with tert-alkyl or cyclic N) is 1. The van der Waals surface area contributed by atoms with E-state index in [1.807, 2.05) is 23.1 Å². The number of hydrogen-bond donors (Lipinski definition) is 2. The molecule has 2 saturated heterocycles. The molecule has 0 unspecified atom stereocenters. The van der Waals surface area contributed by atoms with Crippen molar-refractivity contribution in [2.45, 2.75) is 43.9 Å². The Morgan fingerprint density at radius 2 is 2.00 bits per heavy atom. The first-order chi connectivity index (χ1) is 9.74. The number of piperidine rings is 1. The minimum atomic E-state index is -0.348. The minimum Gasteiger partial charge on any atom is -0.391 e. The van der Waals surface area contributed by atoms with E-state index in [1.54, 1.807) is 0 Å². The van der Waals surface area contributed by atoms with Crippen molar-refractivity contribution < 1.29 is 9.90 Å². The Hall–Kier alpha value is -1.39. The number of nitrogens with zero attached hydrogens (tertiary/aromatic N) is 1. The van der Waals surface area contributed by atoms with Gasteiger partial charge in [-0.15, -0.1) is 0 Å². The van der Waals surface area contributed by atoms with E-state index in [0.29, 0.717) is 6.54 Å². The summed E-state index contributed by atoms with van der Waals surface area (Å²) in [7, 11) is 0. The summed E-state index contributed by atoms with van der Waals surface area (Å²) >= 11 is 0. The highest BCUT2D eigenvalue weighted by molar-refractivity contribution is 5.82. The molecule has 2 aliphatic heterocycles. The first kappa shape index (κ1) is 13.6. The second-order valence-corrected chi connectivity index (χ2v) is 5.84. The second-order valence-electron chi connectivity index (χ2n) is 5.84. The monoisotopic (exact) mass is 274 g/mol. The van der Waals surface area contributed by atoms with Gasteiger partial charge in [0.2, 0.25) is 5.91 Å². The zero-order chi connectivity index (χ0) is 13.9. The number of aliphatic hydroxyl groups excluding tert-OH is 1. The highest BCUT2D eigenvalue weighted by atomic mass is 16.3. The zero-order valence-corrected chi connectivity index (χ0v) is 11.7. The van der Waals surface area contributed by atoms with E-state index in [1.165, 1.54) is 5.56 Å². The van der Waals surface area contributed by atoms with Crippen molar-refractivity contribution >= 4 is 5.91 Å². The summed E-state index contributed by atoms with van der Waals surface area (Å²) in [6.45, 7) is 1.27. The highest BCUT2D eigenvalue weighted by Gasteiger charge is 2.34. The quantitative estimate of drug-likeness (QED) is 0.858. The van der Waals surface area contributed by atoms with Crippen molar-refractivity contribution in [3.63, 3.8) is 0 Å². The first-order valence-corrected chi connectivity index (χ1v) is 7.52. The summed E-state index contributed by atoms with van der Waals surface area (Å²) in [4.78, 5) is 14.3. The maximum Gasteiger partial charge on any atom is 0.239 e. The third kappa shape index (κ3) is 2.86. The number of aliphatic hydroxyl groups is 1. The SMILES string of the molecule is O=C([C@H]1CC[C@H](c2ccccc2)N1)N1CCC[C@H](O)C1. The van der Waals surface area contributed by atoms with Gasteiger partial charge in [-0.25, -0.2) is 0 Å². The fourth-order valence-electron chi connectivity index (χ4n) is 3.26. The van der Waals surface area contributed by atoms with Crippen molar-refractivity contribution in [1.82, 2.24) is 10.2 Å². The molecule has 2 N–H and O–H groups in total. The second kappa shape index (κ2) is 5.94. The van der Waals surface area contributed by atoms with Crippen LogP contribution in [0.4, 0.5) is 0 Å². The molecule has 3 rings (SSSR count). The molecule has 108 valence electrons. The largest absolute Gasteiger partial charge is 0.391 e. The van der Waals surface area contributed by atoms with Crippen molar-refractivity contribution in [3.05, 3.63) is 35.9 Å². The number of likely N-dealkylation sites (tertiary alicyclic amines) is 1. The van der Waals surface area contributed by atoms with Gasteiger partial charge >= 0.3 is 0 Å². The van der Waals surface area contributed by atoms with Gasteiger partial charge in [0.25, 0.3) is 0 Å². The molecule has 1 aromatic carbocycles. The van der Waals surface area contributed by atoms with E-state index >= 15 is 0 Å². The van der Waals surface area contributed by atoms with Gasteiger partial charge < -0.3 is 10.0 Å². The number of rotatable bonds is 2. The predicted octanol–water partition coefficient (Wildman–Crippen LogP) is 1.46. The Bertz CT molecular complexity index is 463. The van der Waals surface area contributed by atoms with Gasteiger partial charge in [-0.1, -0.05) is 30.3 Å². The molecule has 0 saturated carbocycles. The Morgan fingerprint density at radius 1 is 1.20 bits per heavy atom. The van der Waals surface area contributed by atoms with Crippen molar-refractivity contribution in [3.8, 4) is 0 Å². The van der Waals surface area contributed by atoms with Crippen LogP contribution in [-0.2, 0) is 4.79 Å². The lowest BCUT2D eigenvalue weighted by Gasteiger charge is -2.32. The number of amides is 1. The lowest BCUT2D eigenvalue weighted by molar-refractivity contribution is -0.136. The Kier molecular flexibility index (Phi) is 4.03. The zero-order valence-electron chi connectivity index (χ0n) is 11.7. The van der Waals surface area contributed by atoms with Crippen LogP contribution in [0.3, 0.4) is 0 Å². The molecule has 0 aliphatic carbocycles. The topological polar surface area (TPSA) is 52.6 Å². The van der Waals surface area contributed by atoms with E-state index < -0.39 is 0 Å². The molecule has 2 fully saturated rings. The smallest absolute Gasteiger partial charge is 0.239 e. The summed E-state index contributed by atoms with van der Waals surface area (Å²) in [5.41, 5.74) is 1.25. The molecule has 3 atom stereocenters. The molecule has 0 aromatic heterocycles. The van der Waals surface area contributed by atoms with E-state index in [0.717, 1.165) is 32.2 Å². The van der Waals surface area contributed by atoms with Crippen LogP contribution in [0.5, 0.6) is 0 Å². The van der Waals surface area contributed by atoms with Gasteiger partial charge in [0, 0.05) is 19.1 Å². The fraction of sp³-hybridized carbons (Fsp3) is 0.562. The summed E-state index contributed by atoms with van der Waals surface area (Å²) in [5.74, 6) is 0.155. The van der Waals surface area contributed by atoms with Crippen LogP contribution in [0.1, 0.15) is 37.3 Å². The number of carbonyl (C=O) groups is 1. The van der Waals surface area contributed by atoms with Gasteiger partial charge in [0.15, 0.2) is 0 Å². The number of nitrogens with one attached hydrogen (secondary N) is 1. The molecular formula is C16H22N2O2. The third-order valence-corrected chi connectivity index (χ3v) is 4.35. The molecule has 20 heavy (non-hydrogen) atoms. The normalized spacial score (nSPS) is 30.4. The van der Waals surface area contributed by atoms with Gasteiger partial charge in [-0.2, -0.15) is 0 Å². The summed E-state index contributed by atoms with van der Waals surface area (Å²) in [6, 6.07) is 10.5. The van der Waals surface area contributed by atoms with E-state index in [4.69, 9.17) is 0 Å². The number of carbonyl (C=O) groups excluding carboxylic acids is 1. The van der Waals surface area contributed by atoms with Crippen molar-refractivity contribution in [2.75, 3.05) is 13.1 Å². The molecule has 0 bridgehead atoms. The molecule has 4 heteroatoms. The van der Waals surface area contributed by atoms with Gasteiger partial charge in [0.05, 0.1) is 12.1 Å². The standard InChI is InChI=1S/C16H22N2O2/c19-13-7-4-10-18(11-13)16(20)15-9-8-14(17-15)12-5-2-1-3-6-12/h1-3,5-6,13-15,17,19H,4,7-11H2/t13-,14+,15+/m0/s1.